The first-order chi connectivity index (χ1) is 9.83. The lowest BCUT2D eigenvalue weighted by Gasteiger charge is -2.20. The van der Waals surface area contributed by atoms with E-state index in [1.54, 1.807) is 0 Å². The smallest absolute Gasteiger partial charge is 0.0604 e. The second-order valence-electron chi connectivity index (χ2n) is 5.57. The number of rotatable bonds is 11. The zero-order valence-corrected chi connectivity index (χ0v) is 13.6. The number of pyridine rings is 1. The summed E-state index contributed by atoms with van der Waals surface area (Å²) < 4.78 is 0. The normalized spacial score (nSPS) is 12.6. The minimum atomic E-state index is 0.433. The molecule has 0 bridgehead atoms. The Morgan fingerprint density at radius 2 is 1.80 bits per heavy atom. The molecule has 2 heteroatoms. The minimum absolute atomic E-state index is 0.433. The second-order valence-corrected chi connectivity index (χ2v) is 5.57. The van der Waals surface area contributed by atoms with E-state index in [1.165, 1.54) is 56.2 Å². The molecule has 0 aliphatic carbocycles. The summed E-state index contributed by atoms with van der Waals surface area (Å²) in [5, 5.41) is 3.61. The van der Waals surface area contributed by atoms with E-state index >= 15 is 0 Å². The topological polar surface area (TPSA) is 24.9 Å². The molecule has 1 unspecified atom stereocenters. The van der Waals surface area contributed by atoms with Crippen molar-refractivity contribution >= 4 is 0 Å². The molecule has 1 heterocycles. The number of unbranched alkanes of at least 4 members (excludes halogenated alkanes) is 5. The van der Waals surface area contributed by atoms with Gasteiger partial charge in [0.05, 0.1) is 5.69 Å². The molecule has 0 spiro atoms. The Bertz CT molecular complexity index is 349. The van der Waals surface area contributed by atoms with E-state index in [4.69, 9.17) is 0 Å². The average Bonchev–Trinajstić information content (AvgIpc) is 2.49. The maximum absolute atomic E-state index is 4.63. The van der Waals surface area contributed by atoms with Crippen LogP contribution in [0.4, 0.5) is 0 Å². The molecule has 1 aromatic rings. The van der Waals surface area contributed by atoms with Crippen LogP contribution in [-0.4, -0.2) is 11.5 Å². The Balaban J connectivity index is 2.47. The SMILES string of the molecule is CCCCCCCCC(NCC)c1ncccc1CC. The van der Waals surface area contributed by atoms with Crippen LogP contribution in [-0.2, 0) is 6.42 Å². The lowest BCUT2D eigenvalue weighted by Crippen LogP contribution is -2.23. The third-order valence-corrected chi connectivity index (χ3v) is 3.93. The van der Waals surface area contributed by atoms with Gasteiger partial charge in [0.1, 0.15) is 0 Å². The van der Waals surface area contributed by atoms with Gasteiger partial charge in [-0.2, -0.15) is 0 Å². The van der Waals surface area contributed by atoms with E-state index in [-0.39, 0.29) is 0 Å². The summed E-state index contributed by atoms with van der Waals surface area (Å²) in [6.07, 6.45) is 12.4. The molecular formula is C18H32N2. The van der Waals surface area contributed by atoms with Gasteiger partial charge >= 0.3 is 0 Å². The Morgan fingerprint density at radius 3 is 2.50 bits per heavy atom. The highest BCUT2D eigenvalue weighted by atomic mass is 14.9. The van der Waals surface area contributed by atoms with Crippen LogP contribution in [0.15, 0.2) is 18.3 Å². The minimum Gasteiger partial charge on any atom is -0.309 e. The van der Waals surface area contributed by atoms with E-state index in [9.17, 15) is 0 Å². The maximum atomic E-state index is 4.63. The van der Waals surface area contributed by atoms with Crippen molar-refractivity contribution in [2.75, 3.05) is 6.54 Å². The molecule has 1 N–H and O–H groups in total. The summed E-state index contributed by atoms with van der Waals surface area (Å²) >= 11 is 0. The molecule has 0 fully saturated rings. The number of aromatic nitrogens is 1. The molecular weight excluding hydrogens is 244 g/mol. The molecule has 2 nitrogen and oxygen atoms in total. The summed E-state index contributed by atoms with van der Waals surface area (Å²) in [6, 6.07) is 4.70. The summed E-state index contributed by atoms with van der Waals surface area (Å²) in [7, 11) is 0. The molecule has 0 amide bonds. The van der Waals surface area contributed by atoms with Gasteiger partial charge in [-0.3, -0.25) is 4.98 Å². The van der Waals surface area contributed by atoms with Gasteiger partial charge in [-0.15, -0.1) is 0 Å². The zero-order valence-electron chi connectivity index (χ0n) is 13.6. The fraction of sp³-hybridized carbons (Fsp3) is 0.722. The monoisotopic (exact) mass is 276 g/mol. The number of aryl methyl sites for hydroxylation is 1. The van der Waals surface area contributed by atoms with Gasteiger partial charge in [0.25, 0.3) is 0 Å². The first kappa shape index (κ1) is 17.2. The lowest BCUT2D eigenvalue weighted by atomic mass is 9.99. The van der Waals surface area contributed by atoms with E-state index < -0.39 is 0 Å². The number of hydrogen-bond donors (Lipinski definition) is 1. The van der Waals surface area contributed by atoms with Crippen LogP contribution in [0.3, 0.4) is 0 Å². The Hall–Kier alpha value is -0.890. The Labute approximate surface area is 125 Å². The maximum Gasteiger partial charge on any atom is 0.0604 e. The molecule has 0 saturated carbocycles. The van der Waals surface area contributed by atoms with Gasteiger partial charge in [-0.1, -0.05) is 65.4 Å². The van der Waals surface area contributed by atoms with Crippen molar-refractivity contribution in [3.63, 3.8) is 0 Å². The van der Waals surface area contributed by atoms with Crippen LogP contribution in [0.5, 0.6) is 0 Å². The third kappa shape index (κ3) is 6.04. The van der Waals surface area contributed by atoms with Crippen molar-refractivity contribution in [2.45, 2.75) is 78.2 Å². The first-order valence-corrected chi connectivity index (χ1v) is 8.50. The Morgan fingerprint density at radius 1 is 1.05 bits per heavy atom. The van der Waals surface area contributed by atoms with Crippen molar-refractivity contribution in [2.24, 2.45) is 0 Å². The van der Waals surface area contributed by atoms with Gasteiger partial charge in [0.15, 0.2) is 0 Å². The van der Waals surface area contributed by atoms with Crippen LogP contribution >= 0.6 is 0 Å². The van der Waals surface area contributed by atoms with Gasteiger partial charge in [-0.25, -0.2) is 0 Å². The van der Waals surface area contributed by atoms with E-state index in [0.29, 0.717) is 6.04 Å². The largest absolute Gasteiger partial charge is 0.309 e. The number of hydrogen-bond acceptors (Lipinski definition) is 2. The molecule has 0 radical (unpaired) electrons. The summed E-state index contributed by atoms with van der Waals surface area (Å²) in [5.41, 5.74) is 2.66. The van der Waals surface area contributed by atoms with Crippen molar-refractivity contribution in [3.8, 4) is 0 Å². The highest BCUT2D eigenvalue weighted by Crippen LogP contribution is 2.22. The van der Waals surface area contributed by atoms with Gasteiger partial charge in [0, 0.05) is 12.2 Å². The number of nitrogens with zero attached hydrogens (tertiary/aromatic N) is 1. The zero-order chi connectivity index (χ0) is 14.6. The lowest BCUT2D eigenvalue weighted by molar-refractivity contribution is 0.466. The van der Waals surface area contributed by atoms with Crippen molar-refractivity contribution < 1.29 is 0 Å². The summed E-state index contributed by atoms with van der Waals surface area (Å²) in [5.74, 6) is 0. The van der Waals surface area contributed by atoms with Crippen molar-refractivity contribution in [3.05, 3.63) is 29.6 Å². The summed E-state index contributed by atoms with van der Waals surface area (Å²) in [6.45, 7) is 7.69. The van der Waals surface area contributed by atoms with Crippen molar-refractivity contribution in [1.29, 1.82) is 0 Å². The van der Waals surface area contributed by atoms with Crippen LogP contribution in [0, 0.1) is 0 Å². The predicted octanol–water partition coefficient (Wildman–Crippen LogP) is 5.05. The molecule has 1 rings (SSSR count). The van der Waals surface area contributed by atoms with Crippen LogP contribution in [0.1, 0.15) is 83.0 Å². The van der Waals surface area contributed by atoms with Gasteiger partial charge in [-0.05, 0) is 31.0 Å². The molecule has 0 aliphatic rings. The molecule has 0 aromatic carbocycles. The molecule has 0 aliphatic heterocycles. The van der Waals surface area contributed by atoms with E-state index in [0.717, 1.165) is 13.0 Å². The first-order valence-electron chi connectivity index (χ1n) is 8.50. The fourth-order valence-corrected chi connectivity index (χ4v) is 2.77. The molecule has 1 atom stereocenters. The quantitative estimate of drug-likeness (QED) is 0.572. The van der Waals surface area contributed by atoms with E-state index in [2.05, 4.69) is 43.2 Å². The van der Waals surface area contributed by atoms with Crippen molar-refractivity contribution in [1.82, 2.24) is 10.3 Å². The molecule has 0 saturated heterocycles. The fourth-order valence-electron chi connectivity index (χ4n) is 2.77. The van der Waals surface area contributed by atoms with E-state index in [1.807, 2.05) is 6.20 Å². The standard InChI is InChI=1S/C18H32N2/c1-4-7-8-9-10-11-14-17(19-6-3)18-16(5-2)13-12-15-20-18/h12-13,15,17,19H,4-11,14H2,1-3H3. The van der Waals surface area contributed by atoms with Crippen LogP contribution in [0.25, 0.3) is 0 Å². The van der Waals surface area contributed by atoms with Crippen LogP contribution < -0.4 is 5.32 Å². The molecule has 114 valence electrons. The third-order valence-electron chi connectivity index (χ3n) is 3.93. The Kier molecular flexibility index (Phi) is 9.31. The van der Waals surface area contributed by atoms with Gasteiger partial charge < -0.3 is 5.32 Å². The predicted molar refractivity (Wildman–Crippen MR) is 88.0 cm³/mol. The average molecular weight is 276 g/mol. The molecule has 20 heavy (non-hydrogen) atoms. The van der Waals surface area contributed by atoms with Crippen LogP contribution in [0.2, 0.25) is 0 Å². The summed E-state index contributed by atoms with van der Waals surface area (Å²) in [4.78, 5) is 4.63. The number of nitrogens with one attached hydrogen (secondary N) is 1. The van der Waals surface area contributed by atoms with Gasteiger partial charge in [0.2, 0.25) is 0 Å². The molecule has 1 aromatic heterocycles. The highest BCUT2D eigenvalue weighted by Gasteiger charge is 2.14. The second kappa shape index (κ2) is 10.8. The highest BCUT2D eigenvalue weighted by molar-refractivity contribution is 5.22.